The molecular weight excluding hydrogens is 911 g/mol. The van der Waals surface area contributed by atoms with Crippen LogP contribution in [0.1, 0.15) is 51.3 Å². The molecule has 0 unspecified atom stereocenters. The molecule has 0 aliphatic carbocycles. The van der Waals surface area contributed by atoms with Crippen molar-refractivity contribution < 1.29 is 56.6 Å². The van der Waals surface area contributed by atoms with E-state index in [1.54, 1.807) is 0 Å². The number of azide groups is 1. The third-order valence-electron chi connectivity index (χ3n) is 12.4. The van der Waals surface area contributed by atoms with Crippen LogP contribution in [0.3, 0.4) is 0 Å². The lowest BCUT2D eigenvalue weighted by Crippen LogP contribution is -2.69. The minimum Gasteiger partial charge on any atom is -0.458 e. The summed E-state index contributed by atoms with van der Waals surface area (Å²) in [7, 11) is -1.75. The molecule has 16 heteroatoms. The quantitative estimate of drug-likeness (QED) is 0.0228. The second-order valence-electron chi connectivity index (χ2n) is 18.3. The number of rotatable bonds is 21. The Morgan fingerprint density at radius 3 is 1.50 bits per heavy atom. The van der Waals surface area contributed by atoms with Gasteiger partial charge in [-0.2, -0.15) is 0 Å². The zero-order valence-corrected chi connectivity index (χ0v) is 41.5. The molecule has 10 atom stereocenters. The third-order valence-corrected chi connectivity index (χ3v) is 17.4. The fourth-order valence-electron chi connectivity index (χ4n) is 9.24. The monoisotopic (exact) mass is 973 g/mol. The minimum absolute atomic E-state index is 0.0460. The summed E-state index contributed by atoms with van der Waals surface area (Å²) in [5, 5.41) is 5.67. The lowest BCUT2D eigenvalue weighted by molar-refractivity contribution is -0.356. The molecule has 2 fully saturated rings. The molecule has 15 nitrogen and oxygen atoms in total. The number of carbonyl (C=O) groups excluding carboxylic acids is 2. The van der Waals surface area contributed by atoms with Crippen LogP contribution in [-0.4, -0.2) is 102 Å². The van der Waals surface area contributed by atoms with Crippen molar-refractivity contribution in [1.82, 2.24) is 0 Å². The average molecular weight is 974 g/mol. The van der Waals surface area contributed by atoms with Crippen molar-refractivity contribution in [3.8, 4) is 0 Å². The maximum atomic E-state index is 13.1. The summed E-state index contributed by atoms with van der Waals surface area (Å²) in [6.07, 6.45) is -10.3. The van der Waals surface area contributed by atoms with Gasteiger partial charge in [-0.15, -0.1) is 0 Å². The minimum atomic E-state index is -3.26. The number of ether oxygens (including phenoxy) is 9. The maximum Gasteiger partial charge on any atom is 0.303 e. The molecular formula is C54H63N3O12Si. The zero-order valence-electron chi connectivity index (χ0n) is 40.5. The van der Waals surface area contributed by atoms with Crippen LogP contribution in [0.4, 0.5) is 0 Å². The summed E-state index contributed by atoms with van der Waals surface area (Å²) in [5.41, 5.74) is 12.9. The van der Waals surface area contributed by atoms with Gasteiger partial charge in [0.15, 0.2) is 24.8 Å². The first-order valence-corrected chi connectivity index (χ1v) is 25.4. The van der Waals surface area contributed by atoms with Crippen LogP contribution in [0, 0.1) is 0 Å². The number of hydrogen-bond acceptors (Lipinski definition) is 13. The maximum absolute atomic E-state index is 13.1. The van der Waals surface area contributed by atoms with E-state index in [0.29, 0.717) is 0 Å². The molecule has 2 aliphatic heterocycles. The Balaban J connectivity index is 1.32. The molecule has 0 bridgehead atoms. The zero-order chi connectivity index (χ0) is 49.5. The normalized spacial score (nSPS) is 24.8. The topological polar surface area (TPSA) is 175 Å². The number of nitrogens with zero attached hydrogens (tertiary/aromatic N) is 3. The number of methoxy groups -OCH3 is 1. The fourth-order valence-corrected chi connectivity index (χ4v) is 13.8. The Labute approximate surface area is 411 Å². The summed E-state index contributed by atoms with van der Waals surface area (Å²) < 4.78 is 66.0. The van der Waals surface area contributed by atoms with E-state index in [1.807, 2.05) is 127 Å². The highest BCUT2D eigenvalue weighted by Crippen LogP contribution is 2.40. The van der Waals surface area contributed by atoms with Crippen LogP contribution in [0.2, 0.25) is 5.04 Å². The van der Waals surface area contributed by atoms with E-state index < -0.39 is 86.6 Å². The molecule has 0 saturated carbocycles. The van der Waals surface area contributed by atoms with Crippen molar-refractivity contribution in [1.29, 1.82) is 0 Å². The van der Waals surface area contributed by atoms with Crippen molar-refractivity contribution in [2.24, 2.45) is 5.11 Å². The summed E-state index contributed by atoms with van der Waals surface area (Å²) in [5.74, 6) is -1.41. The first kappa shape index (κ1) is 52.1. The van der Waals surface area contributed by atoms with E-state index in [9.17, 15) is 15.1 Å². The second kappa shape index (κ2) is 24.9. The van der Waals surface area contributed by atoms with Crippen molar-refractivity contribution in [2.75, 3.05) is 20.3 Å². The lowest BCUT2D eigenvalue weighted by atomic mass is 9.95. The van der Waals surface area contributed by atoms with E-state index in [2.05, 4.69) is 55.1 Å². The predicted octanol–water partition coefficient (Wildman–Crippen LogP) is 7.97. The van der Waals surface area contributed by atoms with E-state index >= 15 is 0 Å². The molecule has 7 rings (SSSR count). The molecule has 0 aromatic heterocycles. The smallest absolute Gasteiger partial charge is 0.303 e. The standard InChI is InChI=1S/C54H63N3O12Si/c1-37(58)65-48-45(36-64-70(54(3,4)5,42-28-18-10-19-29-42)43-30-20-11-21-31-43)67-52(46(56-57-55)49(48)66-38(2)59)69-50-47(62-33-40-24-14-8-15-25-40)44(35-61-32-39-22-12-7-13-23-39)68-53(60-6)51(50)63-34-41-26-16-9-17-27-41/h7-31,44-53H,32-36H2,1-6H3/t44-,45-,46-,47+,48+,49-,50+,51-,52-,53+/m1/s1. The molecule has 2 heterocycles. The molecule has 0 N–H and O–H groups in total. The molecule has 370 valence electrons. The Hall–Kier alpha value is -5.75. The van der Waals surface area contributed by atoms with Gasteiger partial charge >= 0.3 is 11.9 Å². The Kier molecular flexibility index (Phi) is 18.5. The number of benzene rings is 5. The highest BCUT2D eigenvalue weighted by atomic mass is 28.4. The van der Waals surface area contributed by atoms with E-state index in [4.69, 9.17) is 47.1 Å². The molecule has 2 saturated heterocycles. The molecule has 0 amide bonds. The van der Waals surface area contributed by atoms with Crippen LogP contribution in [0.5, 0.6) is 0 Å². The number of esters is 2. The van der Waals surface area contributed by atoms with Gasteiger partial charge in [-0.25, -0.2) is 0 Å². The van der Waals surface area contributed by atoms with Gasteiger partial charge in [-0.1, -0.05) is 178 Å². The van der Waals surface area contributed by atoms with Gasteiger partial charge in [0, 0.05) is 25.9 Å². The Morgan fingerprint density at radius 2 is 1.03 bits per heavy atom. The molecule has 0 spiro atoms. The predicted molar refractivity (Wildman–Crippen MR) is 263 cm³/mol. The van der Waals surface area contributed by atoms with Crippen LogP contribution in [-0.2, 0) is 76.5 Å². The Morgan fingerprint density at radius 1 is 0.586 bits per heavy atom. The third kappa shape index (κ3) is 13.0. The largest absolute Gasteiger partial charge is 0.458 e. The van der Waals surface area contributed by atoms with Crippen LogP contribution in [0.15, 0.2) is 157 Å². The van der Waals surface area contributed by atoms with Gasteiger partial charge in [-0.05, 0) is 37.6 Å². The van der Waals surface area contributed by atoms with Gasteiger partial charge < -0.3 is 47.1 Å². The van der Waals surface area contributed by atoms with Crippen LogP contribution in [0.25, 0.3) is 10.4 Å². The van der Waals surface area contributed by atoms with Crippen molar-refractivity contribution in [2.45, 2.75) is 121 Å². The van der Waals surface area contributed by atoms with E-state index in [-0.39, 0.29) is 33.0 Å². The summed E-state index contributed by atoms with van der Waals surface area (Å²) in [6, 6.07) is 47.6. The highest BCUT2D eigenvalue weighted by Gasteiger charge is 2.57. The van der Waals surface area contributed by atoms with Gasteiger partial charge in [0.1, 0.15) is 36.6 Å². The van der Waals surface area contributed by atoms with E-state index in [1.165, 1.54) is 21.0 Å². The van der Waals surface area contributed by atoms with Gasteiger partial charge in [-0.3, -0.25) is 9.59 Å². The number of carbonyl (C=O) groups is 2. The average Bonchev–Trinajstić information content (AvgIpc) is 3.36. The van der Waals surface area contributed by atoms with Crippen molar-refractivity contribution >= 4 is 30.6 Å². The van der Waals surface area contributed by atoms with Crippen molar-refractivity contribution in [3.63, 3.8) is 0 Å². The summed E-state index contributed by atoms with van der Waals surface area (Å²) >= 11 is 0. The molecule has 5 aromatic carbocycles. The first-order chi connectivity index (χ1) is 33.9. The molecule has 70 heavy (non-hydrogen) atoms. The lowest BCUT2D eigenvalue weighted by Gasteiger charge is -2.50. The SMILES string of the molecule is CO[C@H]1O[C@H](COCc2ccccc2)[C@H](OCc2ccccc2)[C@H](O[C@H]2O[C@H](CO[Si](c3ccccc3)(c3ccccc3)C(C)(C)C)[C@H](OC(C)=O)[C@H](OC(C)=O)[C@H]2N=[N+]=[N-])[C@H]1OCc1ccccc1. The van der Waals surface area contributed by atoms with Gasteiger partial charge in [0.2, 0.25) is 0 Å². The fraction of sp³-hybridized carbons (Fsp3) is 0.407. The number of hydrogen-bond donors (Lipinski definition) is 0. The highest BCUT2D eigenvalue weighted by molar-refractivity contribution is 6.99. The second-order valence-corrected chi connectivity index (χ2v) is 22.6. The van der Waals surface area contributed by atoms with Crippen molar-refractivity contribution in [3.05, 3.63) is 179 Å². The molecule has 2 aliphatic rings. The van der Waals surface area contributed by atoms with Gasteiger partial charge in [0.25, 0.3) is 8.32 Å². The summed E-state index contributed by atoms with van der Waals surface area (Å²) in [4.78, 5) is 29.3. The Bertz CT molecular complexity index is 2390. The van der Waals surface area contributed by atoms with Crippen LogP contribution >= 0.6 is 0 Å². The van der Waals surface area contributed by atoms with E-state index in [0.717, 1.165) is 27.1 Å². The molecule has 5 aromatic rings. The molecule has 0 radical (unpaired) electrons. The first-order valence-electron chi connectivity index (χ1n) is 23.5. The van der Waals surface area contributed by atoms with Gasteiger partial charge in [0.05, 0.1) is 33.0 Å². The summed E-state index contributed by atoms with van der Waals surface area (Å²) in [6.45, 7) is 9.30. The van der Waals surface area contributed by atoms with Crippen LogP contribution < -0.4 is 10.4 Å².